The van der Waals surface area contributed by atoms with Crippen molar-refractivity contribution < 1.29 is 28.0 Å². The number of benzene rings is 1. The summed E-state index contributed by atoms with van der Waals surface area (Å²) in [4.78, 5) is 23.7. The minimum atomic E-state index is -4.18. The fourth-order valence-electron chi connectivity index (χ4n) is 2.53. The number of rotatable bonds is 10. The van der Waals surface area contributed by atoms with E-state index in [0.717, 1.165) is 12.1 Å². The lowest BCUT2D eigenvalue weighted by Gasteiger charge is -2.29. The Morgan fingerprint density at radius 2 is 1.93 bits per heavy atom. The summed E-state index contributed by atoms with van der Waals surface area (Å²) in [7, 11) is -4.18. The van der Waals surface area contributed by atoms with Gasteiger partial charge in [-0.3, -0.25) is 10.1 Å². The molecule has 0 aliphatic carbocycles. The van der Waals surface area contributed by atoms with Crippen molar-refractivity contribution in [1.29, 1.82) is 0 Å². The number of carbonyl (C=O) groups excluding carboxylic acids is 1. The Hall–Kier alpha value is -2.24. The van der Waals surface area contributed by atoms with E-state index in [-0.39, 0.29) is 19.7 Å². The van der Waals surface area contributed by atoms with Crippen molar-refractivity contribution in [2.24, 2.45) is 0 Å². The number of sulfonamides is 1. The number of ether oxygens (including phenoxy) is 1. The highest BCUT2D eigenvalue weighted by Gasteiger charge is 2.29. The number of nitro benzene ring substituents is 1. The van der Waals surface area contributed by atoms with Crippen LogP contribution in [0.15, 0.2) is 29.2 Å². The average Bonchev–Trinajstić information content (AvgIpc) is 2.59. The number of aliphatic hydroxyl groups is 1. The van der Waals surface area contributed by atoms with Crippen LogP contribution < -0.4 is 4.72 Å². The first kappa shape index (κ1) is 24.8. The summed E-state index contributed by atoms with van der Waals surface area (Å²) in [5.41, 5.74) is -1.25. The standard InChI is InChI=1S/C18H29N3O7S/c1-14(13-20(11-7-8-12-22)17(23)28-18(2,3)4)19-29(26,27)16-10-6-5-9-15(16)21(24)25/h5-6,9-10,14,19,22H,7-8,11-13H2,1-4H3/t14-/m1/s1. The van der Waals surface area contributed by atoms with Gasteiger partial charge in [0, 0.05) is 31.8 Å². The monoisotopic (exact) mass is 431 g/mol. The van der Waals surface area contributed by atoms with Crippen LogP contribution in [0.5, 0.6) is 0 Å². The largest absolute Gasteiger partial charge is 0.444 e. The number of amides is 1. The van der Waals surface area contributed by atoms with Crippen LogP contribution in [-0.4, -0.2) is 60.8 Å². The van der Waals surface area contributed by atoms with Gasteiger partial charge in [-0.1, -0.05) is 12.1 Å². The molecule has 0 saturated heterocycles. The first-order valence-electron chi connectivity index (χ1n) is 9.22. The molecule has 0 aromatic heterocycles. The zero-order chi connectivity index (χ0) is 22.2. The van der Waals surface area contributed by atoms with Crippen LogP contribution in [0.25, 0.3) is 0 Å². The molecule has 1 atom stereocenters. The smallest absolute Gasteiger partial charge is 0.410 e. The summed E-state index contributed by atoms with van der Waals surface area (Å²) in [6.45, 7) is 6.96. The molecule has 164 valence electrons. The van der Waals surface area contributed by atoms with E-state index < -0.39 is 43.3 Å². The third kappa shape index (κ3) is 8.34. The minimum Gasteiger partial charge on any atom is -0.444 e. The summed E-state index contributed by atoms with van der Waals surface area (Å²) < 4.78 is 33.0. The molecule has 0 fully saturated rings. The zero-order valence-corrected chi connectivity index (χ0v) is 17.9. The Morgan fingerprint density at radius 1 is 1.31 bits per heavy atom. The number of nitrogens with zero attached hydrogens (tertiary/aromatic N) is 2. The number of hydrogen-bond donors (Lipinski definition) is 2. The Kier molecular flexibility index (Phi) is 8.99. The lowest BCUT2D eigenvalue weighted by atomic mass is 10.2. The van der Waals surface area contributed by atoms with Crippen LogP contribution in [0.2, 0.25) is 0 Å². The maximum Gasteiger partial charge on any atom is 0.410 e. The fraction of sp³-hybridized carbons (Fsp3) is 0.611. The molecule has 1 amide bonds. The lowest BCUT2D eigenvalue weighted by molar-refractivity contribution is -0.387. The van der Waals surface area contributed by atoms with E-state index in [9.17, 15) is 23.3 Å². The molecule has 0 unspecified atom stereocenters. The van der Waals surface area contributed by atoms with Gasteiger partial charge < -0.3 is 14.7 Å². The third-order valence-electron chi connectivity index (χ3n) is 3.69. The van der Waals surface area contributed by atoms with Crippen LogP contribution in [0.1, 0.15) is 40.5 Å². The molecule has 1 rings (SSSR count). The van der Waals surface area contributed by atoms with E-state index in [4.69, 9.17) is 9.84 Å². The van der Waals surface area contributed by atoms with Crippen LogP contribution in [0.4, 0.5) is 10.5 Å². The highest BCUT2D eigenvalue weighted by atomic mass is 32.2. The second-order valence-corrected chi connectivity index (χ2v) is 9.29. The second-order valence-electron chi connectivity index (χ2n) is 7.60. The number of aliphatic hydroxyl groups excluding tert-OH is 1. The Balaban J connectivity index is 2.94. The molecular formula is C18H29N3O7S. The molecule has 0 bridgehead atoms. The van der Waals surface area contributed by atoms with Crippen LogP contribution in [0, 0.1) is 10.1 Å². The van der Waals surface area contributed by atoms with Gasteiger partial charge in [-0.05, 0) is 46.6 Å². The van der Waals surface area contributed by atoms with Gasteiger partial charge in [0.25, 0.3) is 5.69 Å². The van der Waals surface area contributed by atoms with Gasteiger partial charge in [-0.25, -0.2) is 17.9 Å². The molecule has 2 N–H and O–H groups in total. The number of para-hydroxylation sites is 1. The van der Waals surface area contributed by atoms with Crippen molar-refractivity contribution in [1.82, 2.24) is 9.62 Å². The second kappa shape index (κ2) is 10.5. The van der Waals surface area contributed by atoms with E-state index in [0.29, 0.717) is 12.8 Å². The predicted molar refractivity (Wildman–Crippen MR) is 107 cm³/mol. The van der Waals surface area contributed by atoms with Crippen LogP contribution in [0.3, 0.4) is 0 Å². The first-order chi connectivity index (χ1) is 13.4. The van der Waals surface area contributed by atoms with Gasteiger partial charge in [0.2, 0.25) is 10.0 Å². The molecule has 29 heavy (non-hydrogen) atoms. The molecule has 0 aliphatic rings. The number of carbonyl (C=O) groups is 1. The molecule has 11 heteroatoms. The summed E-state index contributed by atoms with van der Waals surface area (Å²) in [6.07, 6.45) is 0.391. The van der Waals surface area contributed by atoms with E-state index in [2.05, 4.69) is 4.72 Å². The van der Waals surface area contributed by atoms with E-state index in [1.54, 1.807) is 27.7 Å². The van der Waals surface area contributed by atoms with Crippen molar-refractivity contribution in [3.8, 4) is 0 Å². The van der Waals surface area contributed by atoms with Gasteiger partial charge in [-0.15, -0.1) is 0 Å². The maximum atomic E-state index is 12.6. The number of nitrogens with one attached hydrogen (secondary N) is 1. The van der Waals surface area contributed by atoms with Crippen molar-refractivity contribution in [2.45, 2.75) is 57.1 Å². The molecule has 0 aliphatic heterocycles. The summed E-state index contributed by atoms with van der Waals surface area (Å²) in [5, 5.41) is 20.1. The van der Waals surface area contributed by atoms with Gasteiger partial charge in [0.05, 0.1) is 4.92 Å². The van der Waals surface area contributed by atoms with Crippen LogP contribution in [-0.2, 0) is 14.8 Å². The van der Waals surface area contributed by atoms with Crippen molar-refractivity contribution in [3.05, 3.63) is 34.4 Å². The van der Waals surface area contributed by atoms with E-state index >= 15 is 0 Å². The molecular weight excluding hydrogens is 402 g/mol. The predicted octanol–water partition coefficient (Wildman–Crippen LogP) is 2.27. The van der Waals surface area contributed by atoms with Crippen molar-refractivity contribution in [2.75, 3.05) is 19.7 Å². The van der Waals surface area contributed by atoms with Gasteiger partial charge in [-0.2, -0.15) is 0 Å². The average molecular weight is 432 g/mol. The molecule has 0 radical (unpaired) electrons. The fourth-order valence-corrected chi connectivity index (χ4v) is 3.94. The normalized spacial score (nSPS) is 13.0. The van der Waals surface area contributed by atoms with Gasteiger partial charge in [0.15, 0.2) is 4.90 Å². The van der Waals surface area contributed by atoms with E-state index in [1.165, 1.54) is 17.0 Å². The highest BCUT2D eigenvalue weighted by molar-refractivity contribution is 7.89. The quantitative estimate of drug-likeness (QED) is 0.329. The molecule has 1 aromatic carbocycles. The minimum absolute atomic E-state index is 0.000201. The molecule has 10 nitrogen and oxygen atoms in total. The Labute approximate surface area is 171 Å². The van der Waals surface area contributed by atoms with Gasteiger partial charge >= 0.3 is 6.09 Å². The highest BCUT2D eigenvalue weighted by Crippen LogP contribution is 2.23. The van der Waals surface area contributed by atoms with Crippen molar-refractivity contribution in [3.63, 3.8) is 0 Å². The first-order valence-corrected chi connectivity index (χ1v) is 10.7. The van der Waals surface area contributed by atoms with Gasteiger partial charge in [0.1, 0.15) is 5.60 Å². The summed E-state index contributed by atoms with van der Waals surface area (Å²) in [5.74, 6) is 0. The molecule has 0 spiro atoms. The number of hydrogen-bond acceptors (Lipinski definition) is 7. The summed E-state index contributed by atoms with van der Waals surface area (Å²) in [6, 6.07) is 4.31. The number of unbranched alkanes of at least 4 members (excludes halogenated alkanes) is 1. The molecule has 0 heterocycles. The summed E-state index contributed by atoms with van der Waals surface area (Å²) >= 11 is 0. The van der Waals surface area contributed by atoms with Crippen molar-refractivity contribution >= 4 is 21.8 Å². The number of nitro groups is 1. The SMILES string of the molecule is C[C@H](CN(CCCCO)C(=O)OC(C)(C)C)NS(=O)(=O)c1ccccc1[N+](=O)[O-]. The molecule has 0 saturated carbocycles. The Morgan fingerprint density at radius 3 is 2.48 bits per heavy atom. The maximum absolute atomic E-state index is 12.6. The molecule has 1 aromatic rings. The van der Waals surface area contributed by atoms with E-state index in [1.807, 2.05) is 0 Å². The van der Waals surface area contributed by atoms with Crippen LogP contribution >= 0.6 is 0 Å². The lowest BCUT2D eigenvalue weighted by Crippen LogP contribution is -2.46. The third-order valence-corrected chi connectivity index (χ3v) is 5.33. The Bertz CT molecular complexity index is 806. The topological polar surface area (TPSA) is 139 Å². The zero-order valence-electron chi connectivity index (χ0n) is 17.1.